The summed E-state index contributed by atoms with van der Waals surface area (Å²) in [6.45, 7) is 16.2. The van der Waals surface area contributed by atoms with Crippen molar-refractivity contribution in [1.29, 1.82) is 0 Å². The van der Waals surface area contributed by atoms with Gasteiger partial charge in [-0.25, -0.2) is 0 Å². The predicted molar refractivity (Wildman–Crippen MR) is 239 cm³/mol. The summed E-state index contributed by atoms with van der Waals surface area (Å²) in [5, 5.41) is 5.79. The number of pyridine rings is 1. The fraction of sp³-hybridized carbons (Fsp3) is 0.176. The molecule has 0 unspecified atom stereocenters. The smallest absolute Gasteiger partial charge is 0.158 e. The number of aryl methyl sites for hydroxylation is 1. The van der Waals surface area contributed by atoms with Gasteiger partial charge >= 0.3 is 0 Å². The quantitative estimate of drug-likeness (QED) is 0.127. The predicted octanol–water partition coefficient (Wildman–Crippen LogP) is 13.3. The summed E-state index contributed by atoms with van der Waals surface area (Å²) in [6, 6.07) is 50.0. The maximum absolute atomic E-state index is 6.40. The summed E-state index contributed by atoms with van der Waals surface area (Å²) >= 11 is 0. The van der Waals surface area contributed by atoms with Crippen molar-refractivity contribution >= 4 is 68.2 Å². The number of nitrogens with zero attached hydrogens (tertiary/aromatic N) is 3. The molecule has 0 aliphatic rings. The first-order valence-electron chi connectivity index (χ1n) is 19.6. The Morgan fingerprint density at radius 2 is 1.36 bits per heavy atom. The van der Waals surface area contributed by atoms with Crippen LogP contribution in [0.2, 0.25) is 19.6 Å². The van der Waals surface area contributed by atoms with Crippen LogP contribution in [0.4, 0.5) is 0 Å². The van der Waals surface area contributed by atoms with E-state index in [0.29, 0.717) is 0 Å². The van der Waals surface area contributed by atoms with Gasteiger partial charge in [0.15, 0.2) is 5.58 Å². The van der Waals surface area contributed by atoms with Crippen LogP contribution in [0.1, 0.15) is 31.9 Å². The van der Waals surface area contributed by atoms with Crippen LogP contribution in [0.25, 0.3) is 83.2 Å². The molecule has 1 radical (unpaired) electrons. The summed E-state index contributed by atoms with van der Waals surface area (Å²) in [4.78, 5) is 9.81. The normalized spacial score (nSPS) is 12.0. The van der Waals surface area contributed by atoms with Crippen LogP contribution >= 0.6 is 0 Å². The zero-order chi connectivity index (χ0) is 39.5. The minimum absolute atomic E-state index is 0. The van der Waals surface area contributed by atoms with Crippen molar-refractivity contribution in [3.63, 3.8) is 0 Å². The van der Waals surface area contributed by atoms with E-state index >= 15 is 0 Å². The Hall–Kier alpha value is -5.59. The molecule has 0 atom stereocenters. The van der Waals surface area contributed by atoms with Gasteiger partial charge in [0.25, 0.3) is 0 Å². The first kappa shape index (κ1) is 39.2. The largest absolute Gasteiger partial charge is 0.501 e. The van der Waals surface area contributed by atoms with E-state index in [9.17, 15) is 0 Å². The van der Waals surface area contributed by atoms with Crippen molar-refractivity contribution in [2.24, 2.45) is 5.41 Å². The standard InChI is InChI=1S/C31H17N2O2.C20H28NSi.Ir/c1-5-17-27-19(9-1)21-11-7-13-23(29(21)34-27)31-32-24-14-3-4-15-25(24)33(31)26-16-8-12-22-20-10-2-6-18-28(20)35-30(22)26;1-15-8-10-16(11-9-15)18-12-17(13-20(2,3)4)19(14-21-18)22(5,6)7;/h1-12,14-18H;8-10,12,14H,13H2,1-7H3;/q2*-1;. The molecule has 0 amide bonds. The van der Waals surface area contributed by atoms with E-state index < -0.39 is 8.07 Å². The van der Waals surface area contributed by atoms with E-state index in [4.69, 9.17) is 18.8 Å². The Labute approximate surface area is 354 Å². The van der Waals surface area contributed by atoms with Gasteiger partial charge in [-0.2, -0.15) is 0 Å². The van der Waals surface area contributed by atoms with Gasteiger partial charge in [0.2, 0.25) is 0 Å². The van der Waals surface area contributed by atoms with E-state index in [0.717, 1.165) is 89.7 Å². The van der Waals surface area contributed by atoms with E-state index in [2.05, 4.69) is 131 Å². The zero-order valence-electron chi connectivity index (χ0n) is 33.9. The number of hydrogen-bond acceptors (Lipinski definition) is 4. The van der Waals surface area contributed by atoms with Crippen LogP contribution in [0.15, 0.2) is 142 Å². The zero-order valence-corrected chi connectivity index (χ0v) is 37.3. The molecule has 10 rings (SSSR count). The molecule has 0 bridgehead atoms. The Morgan fingerprint density at radius 1 is 0.707 bits per heavy atom. The van der Waals surface area contributed by atoms with E-state index in [1.54, 1.807) is 0 Å². The summed E-state index contributed by atoms with van der Waals surface area (Å²) in [5.41, 5.74) is 12.1. The van der Waals surface area contributed by atoms with Gasteiger partial charge in [-0.05, 0) is 53.0 Å². The third-order valence-electron chi connectivity index (χ3n) is 10.5. The number of benzene rings is 6. The van der Waals surface area contributed by atoms with Crippen LogP contribution in [0.5, 0.6) is 0 Å². The molecule has 6 aromatic carbocycles. The Balaban J connectivity index is 0.000000178. The van der Waals surface area contributed by atoms with Crippen LogP contribution in [0.3, 0.4) is 0 Å². The molecule has 4 heterocycles. The number of hydrogen-bond donors (Lipinski definition) is 0. The average Bonchev–Trinajstić information content (AvgIpc) is 3.89. The fourth-order valence-electron chi connectivity index (χ4n) is 7.90. The van der Waals surface area contributed by atoms with Gasteiger partial charge in [-0.3, -0.25) is 4.98 Å². The third kappa shape index (κ3) is 7.35. The van der Waals surface area contributed by atoms with E-state index in [1.165, 1.54) is 16.3 Å². The molecule has 0 saturated carbocycles. The van der Waals surface area contributed by atoms with Crippen molar-refractivity contribution < 1.29 is 28.9 Å². The number of aromatic nitrogens is 3. The molecular formula is C51H45IrN3O2Si-2. The van der Waals surface area contributed by atoms with Gasteiger partial charge in [0.1, 0.15) is 11.2 Å². The van der Waals surface area contributed by atoms with Gasteiger partial charge in [-0.1, -0.05) is 131 Å². The Morgan fingerprint density at radius 3 is 2.05 bits per heavy atom. The maximum atomic E-state index is 6.40. The van der Waals surface area contributed by atoms with Gasteiger partial charge in [-0.15, -0.1) is 53.6 Å². The SMILES string of the molecule is Cc1c[c-]c(-c2cc(CC(C)(C)C)c([Si](C)(C)C)cn2)cc1.[Ir].[c-]1ccc2c(oc3ccccc32)c1-c1nc2ccccc2n1-c1cccc2c1oc1ccccc12. The fourth-order valence-corrected chi connectivity index (χ4v) is 9.48. The second-order valence-corrected chi connectivity index (χ2v) is 22.2. The number of imidazole rings is 1. The van der Waals surface area contributed by atoms with Crippen LogP contribution < -0.4 is 5.19 Å². The van der Waals surface area contributed by atoms with Crippen LogP contribution in [-0.2, 0) is 26.5 Å². The molecule has 0 spiro atoms. The van der Waals surface area contributed by atoms with Gasteiger partial charge in [0.05, 0.1) is 36.2 Å². The molecular weight excluding hydrogens is 907 g/mol. The second kappa shape index (κ2) is 15.3. The molecule has 0 fully saturated rings. The van der Waals surface area contributed by atoms with Crippen LogP contribution in [0, 0.1) is 24.5 Å². The molecule has 0 aliphatic carbocycles. The first-order chi connectivity index (χ1) is 27.4. The number of furan rings is 2. The molecule has 10 aromatic rings. The molecule has 58 heavy (non-hydrogen) atoms. The maximum Gasteiger partial charge on any atom is 0.158 e. The summed E-state index contributed by atoms with van der Waals surface area (Å²) < 4.78 is 14.9. The number of para-hydroxylation sites is 5. The minimum Gasteiger partial charge on any atom is -0.501 e. The average molecular weight is 952 g/mol. The molecule has 5 nitrogen and oxygen atoms in total. The van der Waals surface area contributed by atoms with Crippen molar-refractivity contribution in [2.45, 2.75) is 53.8 Å². The molecule has 0 aliphatic heterocycles. The number of rotatable bonds is 5. The second-order valence-electron chi connectivity index (χ2n) is 17.2. The van der Waals surface area contributed by atoms with E-state index in [1.807, 2.05) is 66.7 Å². The first-order valence-corrected chi connectivity index (χ1v) is 23.1. The van der Waals surface area contributed by atoms with Crippen molar-refractivity contribution in [3.8, 4) is 28.3 Å². The van der Waals surface area contributed by atoms with E-state index in [-0.39, 0.29) is 25.5 Å². The number of fused-ring (bicyclic) bond motifs is 7. The van der Waals surface area contributed by atoms with Crippen molar-refractivity contribution in [3.05, 3.63) is 157 Å². The summed E-state index contributed by atoms with van der Waals surface area (Å²) in [6.07, 6.45) is 3.21. The molecule has 0 saturated heterocycles. The van der Waals surface area contributed by atoms with Crippen molar-refractivity contribution in [1.82, 2.24) is 14.5 Å². The molecule has 4 aromatic heterocycles. The van der Waals surface area contributed by atoms with Crippen molar-refractivity contribution in [2.75, 3.05) is 0 Å². The topological polar surface area (TPSA) is 57.0 Å². The molecule has 291 valence electrons. The Bertz CT molecular complexity index is 3090. The third-order valence-corrected chi connectivity index (χ3v) is 12.6. The van der Waals surface area contributed by atoms with Gasteiger partial charge < -0.3 is 18.4 Å². The summed E-state index contributed by atoms with van der Waals surface area (Å²) in [7, 11) is -1.38. The minimum atomic E-state index is -1.38. The Kier molecular flexibility index (Phi) is 10.3. The van der Waals surface area contributed by atoms with Crippen LogP contribution in [-0.4, -0.2) is 22.6 Å². The van der Waals surface area contributed by atoms with Gasteiger partial charge in [0, 0.05) is 42.5 Å². The monoisotopic (exact) mass is 952 g/mol. The summed E-state index contributed by atoms with van der Waals surface area (Å²) in [5.74, 6) is 0.767. The molecule has 7 heteroatoms. The molecule has 0 N–H and O–H groups in total.